The largest absolute Gasteiger partial charge is 0.397 e. The van der Waals surface area contributed by atoms with Crippen molar-refractivity contribution >= 4 is 11.5 Å². The molecule has 2 rings (SSSR count). The molecule has 4 nitrogen and oxygen atoms in total. The lowest BCUT2D eigenvalue weighted by Gasteiger charge is -2.18. The van der Waals surface area contributed by atoms with Crippen LogP contribution in [0.4, 0.5) is 11.5 Å². The van der Waals surface area contributed by atoms with Gasteiger partial charge in [-0.25, -0.2) is 4.98 Å². The van der Waals surface area contributed by atoms with Crippen LogP contribution in [-0.2, 0) is 0 Å². The van der Waals surface area contributed by atoms with Gasteiger partial charge in [0.25, 0.3) is 0 Å². The number of hydrogen-bond donors (Lipinski definition) is 3. The number of nitrogens with zero attached hydrogens (tertiary/aromatic N) is 1. The van der Waals surface area contributed by atoms with Gasteiger partial charge in [0.05, 0.1) is 24.5 Å². The van der Waals surface area contributed by atoms with E-state index in [0.717, 1.165) is 16.9 Å². The van der Waals surface area contributed by atoms with E-state index in [1.54, 1.807) is 6.20 Å². The minimum atomic E-state index is -0.166. The minimum absolute atomic E-state index is 0.00943. The first-order chi connectivity index (χ1) is 8.70. The highest BCUT2D eigenvalue weighted by Gasteiger charge is 2.11. The van der Waals surface area contributed by atoms with Crippen LogP contribution < -0.4 is 11.1 Å². The Morgan fingerprint density at radius 1 is 1.33 bits per heavy atom. The molecule has 0 saturated carbocycles. The Morgan fingerprint density at radius 3 is 2.67 bits per heavy atom. The van der Waals surface area contributed by atoms with E-state index < -0.39 is 0 Å². The summed E-state index contributed by atoms with van der Waals surface area (Å²) in [6.07, 6.45) is 1.61. The molecule has 4 heteroatoms. The quantitative estimate of drug-likeness (QED) is 0.769. The lowest BCUT2D eigenvalue weighted by Crippen LogP contribution is -2.16. The molecule has 0 fully saturated rings. The molecule has 0 aliphatic rings. The third-order valence-corrected chi connectivity index (χ3v) is 2.79. The van der Waals surface area contributed by atoms with Gasteiger partial charge in [0, 0.05) is 0 Å². The van der Waals surface area contributed by atoms with E-state index in [-0.39, 0.29) is 12.6 Å². The minimum Gasteiger partial charge on any atom is -0.397 e. The van der Waals surface area contributed by atoms with Crippen molar-refractivity contribution in [3.63, 3.8) is 0 Å². The van der Waals surface area contributed by atoms with Crippen molar-refractivity contribution in [2.24, 2.45) is 0 Å². The predicted molar refractivity (Wildman–Crippen MR) is 73.3 cm³/mol. The van der Waals surface area contributed by atoms with Crippen molar-refractivity contribution in [1.82, 2.24) is 4.98 Å². The summed E-state index contributed by atoms with van der Waals surface area (Å²) in [5.74, 6) is 0.743. The van der Waals surface area contributed by atoms with Gasteiger partial charge in [0.1, 0.15) is 5.82 Å². The van der Waals surface area contributed by atoms with Crippen LogP contribution >= 0.6 is 0 Å². The lowest BCUT2D eigenvalue weighted by atomic mass is 10.1. The molecule has 0 saturated heterocycles. The Morgan fingerprint density at radius 2 is 2.06 bits per heavy atom. The molecule has 0 aliphatic heterocycles. The van der Waals surface area contributed by atoms with Gasteiger partial charge in [0.15, 0.2) is 0 Å². The van der Waals surface area contributed by atoms with Gasteiger partial charge in [-0.1, -0.05) is 30.3 Å². The molecule has 0 spiro atoms. The zero-order valence-electron chi connectivity index (χ0n) is 10.3. The Bertz CT molecular complexity index is 514. The average Bonchev–Trinajstić information content (AvgIpc) is 2.39. The monoisotopic (exact) mass is 243 g/mol. The molecule has 94 valence electrons. The van der Waals surface area contributed by atoms with Crippen molar-refractivity contribution in [2.45, 2.75) is 13.0 Å². The Labute approximate surface area is 106 Å². The van der Waals surface area contributed by atoms with Crippen LogP contribution in [0.5, 0.6) is 0 Å². The summed E-state index contributed by atoms with van der Waals surface area (Å²) in [5, 5.41) is 12.7. The molecule has 0 bridgehead atoms. The number of anilines is 2. The first-order valence-electron chi connectivity index (χ1n) is 5.85. The molecule has 4 N–H and O–H groups in total. The van der Waals surface area contributed by atoms with Crippen LogP contribution in [0.1, 0.15) is 17.2 Å². The van der Waals surface area contributed by atoms with Crippen molar-refractivity contribution in [1.29, 1.82) is 0 Å². The third kappa shape index (κ3) is 2.78. The number of rotatable bonds is 4. The molecule has 1 heterocycles. The molecule has 0 aliphatic carbocycles. The maximum absolute atomic E-state index is 9.47. The van der Waals surface area contributed by atoms with Gasteiger partial charge in [0.2, 0.25) is 0 Å². The summed E-state index contributed by atoms with van der Waals surface area (Å²) in [5.41, 5.74) is 8.29. The SMILES string of the molecule is Cc1cc(N)cnc1NC(CO)c1ccccc1. The molecular weight excluding hydrogens is 226 g/mol. The number of nitrogens with one attached hydrogen (secondary N) is 1. The summed E-state index contributed by atoms with van der Waals surface area (Å²) >= 11 is 0. The number of benzene rings is 1. The van der Waals surface area contributed by atoms with Crippen LogP contribution in [0.3, 0.4) is 0 Å². The lowest BCUT2D eigenvalue weighted by molar-refractivity contribution is 0.276. The third-order valence-electron chi connectivity index (χ3n) is 2.79. The van der Waals surface area contributed by atoms with Crippen LogP contribution in [-0.4, -0.2) is 16.7 Å². The van der Waals surface area contributed by atoms with Crippen molar-refractivity contribution in [3.05, 3.63) is 53.7 Å². The highest BCUT2D eigenvalue weighted by Crippen LogP contribution is 2.21. The number of aliphatic hydroxyl groups is 1. The fraction of sp³-hybridized carbons (Fsp3) is 0.214. The summed E-state index contributed by atoms with van der Waals surface area (Å²) in [4.78, 5) is 4.24. The van der Waals surface area contributed by atoms with Crippen LogP contribution in [0.2, 0.25) is 0 Å². The van der Waals surface area contributed by atoms with Gasteiger partial charge in [-0.3, -0.25) is 0 Å². The van der Waals surface area contributed by atoms with E-state index in [9.17, 15) is 5.11 Å². The fourth-order valence-electron chi connectivity index (χ4n) is 1.83. The average molecular weight is 243 g/mol. The normalized spacial score (nSPS) is 12.1. The van der Waals surface area contributed by atoms with Gasteiger partial charge < -0.3 is 16.2 Å². The summed E-state index contributed by atoms with van der Waals surface area (Å²) in [6, 6.07) is 11.5. The predicted octanol–water partition coefficient (Wildman–Crippen LogP) is 2.12. The topological polar surface area (TPSA) is 71.2 Å². The zero-order chi connectivity index (χ0) is 13.0. The van der Waals surface area contributed by atoms with E-state index in [1.165, 1.54) is 0 Å². The Kier molecular flexibility index (Phi) is 3.79. The smallest absolute Gasteiger partial charge is 0.129 e. The molecule has 18 heavy (non-hydrogen) atoms. The molecular formula is C14H17N3O. The summed E-state index contributed by atoms with van der Waals surface area (Å²) < 4.78 is 0. The molecule has 1 aromatic carbocycles. The molecule has 2 aromatic rings. The van der Waals surface area contributed by atoms with E-state index in [4.69, 9.17) is 5.73 Å². The Balaban J connectivity index is 2.21. The van der Waals surface area contributed by atoms with E-state index >= 15 is 0 Å². The standard InChI is InChI=1S/C14H17N3O/c1-10-7-12(15)8-16-14(10)17-13(9-18)11-5-3-2-4-6-11/h2-8,13,18H,9,15H2,1H3,(H,16,17). The Hall–Kier alpha value is -2.07. The van der Waals surface area contributed by atoms with Crippen LogP contribution in [0.25, 0.3) is 0 Å². The number of aliphatic hydroxyl groups excluding tert-OH is 1. The van der Waals surface area contributed by atoms with Gasteiger partial charge in [-0.05, 0) is 24.1 Å². The maximum Gasteiger partial charge on any atom is 0.129 e. The number of hydrogen-bond acceptors (Lipinski definition) is 4. The van der Waals surface area contributed by atoms with Crippen LogP contribution in [0.15, 0.2) is 42.6 Å². The molecule has 1 aromatic heterocycles. The van der Waals surface area contributed by atoms with Crippen molar-refractivity contribution in [3.8, 4) is 0 Å². The van der Waals surface area contributed by atoms with Gasteiger partial charge >= 0.3 is 0 Å². The van der Waals surface area contributed by atoms with Crippen molar-refractivity contribution < 1.29 is 5.11 Å². The number of pyridine rings is 1. The fourth-order valence-corrected chi connectivity index (χ4v) is 1.83. The molecule has 1 atom stereocenters. The first-order valence-corrected chi connectivity index (χ1v) is 5.85. The van der Waals surface area contributed by atoms with Crippen molar-refractivity contribution in [2.75, 3.05) is 17.7 Å². The maximum atomic E-state index is 9.47. The number of nitrogen functional groups attached to an aromatic ring is 1. The first kappa shape index (κ1) is 12.4. The van der Waals surface area contributed by atoms with E-state index in [0.29, 0.717) is 5.69 Å². The van der Waals surface area contributed by atoms with E-state index in [1.807, 2.05) is 43.3 Å². The summed E-state index contributed by atoms with van der Waals surface area (Å²) in [7, 11) is 0. The highest BCUT2D eigenvalue weighted by molar-refractivity contribution is 5.52. The molecule has 1 unspecified atom stereocenters. The molecule has 0 amide bonds. The second-order valence-electron chi connectivity index (χ2n) is 4.22. The van der Waals surface area contributed by atoms with Gasteiger partial charge in [-0.15, -0.1) is 0 Å². The second kappa shape index (κ2) is 5.51. The van der Waals surface area contributed by atoms with Gasteiger partial charge in [-0.2, -0.15) is 0 Å². The summed E-state index contributed by atoms with van der Waals surface area (Å²) in [6.45, 7) is 1.95. The number of aryl methyl sites for hydroxylation is 1. The zero-order valence-corrected chi connectivity index (χ0v) is 10.3. The second-order valence-corrected chi connectivity index (χ2v) is 4.22. The molecule has 0 radical (unpaired) electrons. The number of nitrogens with two attached hydrogens (primary N) is 1. The highest BCUT2D eigenvalue weighted by atomic mass is 16.3. The van der Waals surface area contributed by atoms with E-state index in [2.05, 4.69) is 10.3 Å². The number of aromatic nitrogens is 1. The van der Waals surface area contributed by atoms with Crippen LogP contribution in [0, 0.1) is 6.92 Å².